The summed E-state index contributed by atoms with van der Waals surface area (Å²) in [4.78, 5) is 35.4. The van der Waals surface area contributed by atoms with Crippen molar-refractivity contribution in [1.82, 2.24) is 10.4 Å². The van der Waals surface area contributed by atoms with Gasteiger partial charge in [-0.1, -0.05) is 17.7 Å². The third-order valence-electron chi connectivity index (χ3n) is 2.88. The molecule has 2 amide bonds. The number of carbonyl (C=O) groups is 2. The second-order valence-electron chi connectivity index (χ2n) is 7.32. The molecule has 138 valence electrons. The third kappa shape index (κ3) is 5.60. The Morgan fingerprint density at radius 3 is 2.20 bits per heavy atom. The molecule has 0 saturated carbocycles. The Labute approximate surface area is 151 Å². The number of nitrogens with one attached hydrogen (secondary N) is 1. The molecule has 8 nitrogen and oxygen atoms in total. The highest BCUT2D eigenvalue weighted by Gasteiger charge is 2.35. The van der Waals surface area contributed by atoms with Crippen LogP contribution in [0.1, 0.15) is 51.9 Å². The lowest BCUT2D eigenvalue weighted by molar-refractivity contribution is -0.385. The van der Waals surface area contributed by atoms with E-state index in [1.165, 1.54) is 18.2 Å². The van der Waals surface area contributed by atoms with E-state index in [9.17, 15) is 19.7 Å². The Kier molecular flexibility index (Phi) is 6.01. The number of nitro benzene ring substituents is 1. The summed E-state index contributed by atoms with van der Waals surface area (Å²) in [6, 6.07) is 4.03. The minimum Gasteiger partial charge on any atom is -0.443 e. The zero-order chi connectivity index (χ0) is 19.6. The summed E-state index contributed by atoms with van der Waals surface area (Å²) >= 11 is 5.86. The fourth-order valence-electron chi connectivity index (χ4n) is 1.91. The van der Waals surface area contributed by atoms with Gasteiger partial charge in [-0.25, -0.2) is 15.2 Å². The molecule has 25 heavy (non-hydrogen) atoms. The number of hydrazine groups is 1. The van der Waals surface area contributed by atoms with Crippen LogP contribution in [0.3, 0.4) is 0 Å². The Morgan fingerprint density at radius 2 is 1.76 bits per heavy atom. The summed E-state index contributed by atoms with van der Waals surface area (Å²) in [7, 11) is 0. The summed E-state index contributed by atoms with van der Waals surface area (Å²) in [5.41, 5.74) is -0.0336. The summed E-state index contributed by atoms with van der Waals surface area (Å²) in [6.07, 6.45) is -0.847. The Hall–Kier alpha value is -2.35. The van der Waals surface area contributed by atoms with Crippen LogP contribution in [0.4, 0.5) is 10.5 Å². The van der Waals surface area contributed by atoms with Crippen molar-refractivity contribution in [2.75, 3.05) is 0 Å². The van der Waals surface area contributed by atoms with Gasteiger partial charge in [0.15, 0.2) is 0 Å². The van der Waals surface area contributed by atoms with Gasteiger partial charge in [0.05, 0.1) is 10.5 Å². The van der Waals surface area contributed by atoms with Crippen molar-refractivity contribution in [3.05, 3.63) is 38.9 Å². The number of nitrogens with zero attached hydrogens (tertiary/aromatic N) is 2. The number of para-hydroxylation sites is 1. The smallest absolute Gasteiger partial charge is 0.426 e. The van der Waals surface area contributed by atoms with Gasteiger partial charge in [0.1, 0.15) is 16.2 Å². The van der Waals surface area contributed by atoms with Gasteiger partial charge >= 0.3 is 11.8 Å². The molecule has 0 atom stereocenters. The number of nitro groups is 1. The van der Waals surface area contributed by atoms with Gasteiger partial charge in [-0.15, -0.1) is 0 Å². The molecule has 0 radical (unpaired) electrons. The molecular formula is C16H22ClN3O5. The van der Waals surface area contributed by atoms with Crippen molar-refractivity contribution in [3.8, 4) is 0 Å². The molecule has 0 aliphatic heterocycles. The number of rotatable bonds is 2. The van der Waals surface area contributed by atoms with Crippen LogP contribution in [0.2, 0.25) is 5.02 Å². The molecule has 0 aromatic heterocycles. The molecule has 0 aliphatic rings. The lowest BCUT2D eigenvalue weighted by Crippen LogP contribution is -2.56. The Bertz CT molecular complexity index is 692. The highest BCUT2D eigenvalue weighted by Crippen LogP contribution is 2.30. The Morgan fingerprint density at radius 1 is 1.20 bits per heavy atom. The van der Waals surface area contributed by atoms with E-state index in [0.29, 0.717) is 0 Å². The predicted molar refractivity (Wildman–Crippen MR) is 93.4 cm³/mol. The topological polar surface area (TPSA) is 102 Å². The maximum atomic E-state index is 12.9. The second-order valence-corrected chi connectivity index (χ2v) is 7.73. The molecule has 1 rings (SSSR count). The molecule has 1 aromatic carbocycles. The first kappa shape index (κ1) is 20.7. The summed E-state index contributed by atoms with van der Waals surface area (Å²) in [6.45, 7) is 10.0. The minimum absolute atomic E-state index is 0.165. The number of ether oxygens (including phenoxy) is 1. The number of halogens is 1. The molecule has 0 fully saturated rings. The van der Waals surface area contributed by atoms with E-state index in [-0.39, 0.29) is 10.6 Å². The zero-order valence-corrected chi connectivity index (χ0v) is 15.8. The van der Waals surface area contributed by atoms with Gasteiger partial charge in [0, 0.05) is 0 Å². The van der Waals surface area contributed by atoms with E-state index in [4.69, 9.17) is 16.3 Å². The maximum Gasteiger partial charge on any atom is 0.426 e. The largest absolute Gasteiger partial charge is 0.443 e. The molecule has 0 unspecified atom stereocenters. The first-order chi connectivity index (χ1) is 11.2. The standard InChI is InChI=1S/C16H22ClN3O5/c1-15(2,3)19(18-14(22)25-16(4,5)6)13(21)10-8-7-9-11(17)12(10)20(23)24/h7-9H,1-6H3,(H,18,22). The molecule has 1 N–H and O–H groups in total. The molecule has 9 heteroatoms. The van der Waals surface area contributed by atoms with E-state index in [1.54, 1.807) is 41.5 Å². The van der Waals surface area contributed by atoms with Crippen LogP contribution in [-0.4, -0.2) is 33.1 Å². The summed E-state index contributed by atoms with van der Waals surface area (Å²) in [5, 5.41) is 12.1. The Balaban J connectivity index is 3.26. The fraction of sp³-hybridized carbons (Fsp3) is 0.500. The molecule has 0 saturated heterocycles. The molecule has 0 aliphatic carbocycles. The van der Waals surface area contributed by atoms with Crippen molar-refractivity contribution < 1.29 is 19.2 Å². The van der Waals surface area contributed by atoms with E-state index in [0.717, 1.165) is 5.01 Å². The van der Waals surface area contributed by atoms with Crippen LogP contribution in [0.5, 0.6) is 0 Å². The van der Waals surface area contributed by atoms with Crippen LogP contribution in [-0.2, 0) is 4.74 Å². The van der Waals surface area contributed by atoms with E-state index in [2.05, 4.69) is 5.43 Å². The normalized spacial score (nSPS) is 11.6. The lowest BCUT2D eigenvalue weighted by Gasteiger charge is -2.35. The van der Waals surface area contributed by atoms with Gasteiger partial charge in [0.25, 0.3) is 5.91 Å². The second kappa shape index (κ2) is 7.26. The average molecular weight is 372 g/mol. The van der Waals surface area contributed by atoms with Gasteiger partial charge in [-0.2, -0.15) is 0 Å². The summed E-state index contributed by atoms with van der Waals surface area (Å²) in [5.74, 6) is -0.771. The van der Waals surface area contributed by atoms with Gasteiger partial charge in [-0.3, -0.25) is 14.9 Å². The highest BCUT2D eigenvalue weighted by atomic mass is 35.5. The number of amides is 2. The quantitative estimate of drug-likeness (QED) is 0.626. The highest BCUT2D eigenvalue weighted by molar-refractivity contribution is 6.33. The first-order valence-electron chi connectivity index (χ1n) is 7.51. The van der Waals surface area contributed by atoms with Gasteiger partial charge in [0.2, 0.25) is 0 Å². The van der Waals surface area contributed by atoms with Crippen molar-refractivity contribution in [2.24, 2.45) is 0 Å². The van der Waals surface area contributed by atoms with E-state index >= 15 is 0 Å². The van der Waals surface area contributed by atoms with Crippen LogP contribution in [0, 0.1) is 10.1 Å². The monoisotopic (exact) mass is 371 g/mol. The van der Waals surface area contributed by atoms with Crippen molar-refractivity contribution in [2.45, 2.75) is 52.7 Å². The van der Waals surface area contributed by atoms with Crippen LogP contribution in [0.25, 0.3) is 0 Å². The van der Waals surface area contributed by atoms with Gasteiger partial charge in [-0.05, 0) is 53.7 Å². The predicted octanol–water partition coefficient (Wildman–Crippen LogP) is 3.93. The molecular weight excluding hydrogens is 350 g/mol. The molecule has 0 heterocycles. The van der Waals surface area contributed by atoms with E-state index in [1.807, 2.05) is 0 Å². The number of hydrogen-bond acceptors (Lipinski definition) is 5. The van der Waals surface area contributed by atoms with Crippen molar-refractivity contribution >= 4 is 29.3 Å². The van der Waals surface area contributed by atoms with Crippen molar-refractivity contribution in [1.29, 1.82) is 0 Å². The average Bonchev–Trinajstić information content (AvgIpc) is 2.40. The number of hydrogen-bond donors (Lipinski definition) is 1. The molecule has 1 aromatic rings. The van der Waals surface area contributed by atoms with Crippen molar-refractivity contribution in [3.63, 3.8) is 0 Å². The number of benzene rings is 1. The van der Waals surface area contributed by atoms with Crippen LogP contribution in [0.15, 0.2) is 18.2 Å². The van der Waals surface area contributed by atoms with Gasteiger partial charge < -0.3 is 4.74 Å². The zero-order valence-electron chi connectivity index (χ0n) is 15.0. The first-order valence-corrected chi connectivity index (χ1v) is 7.89. The maximum absolute atomic E-state index is 12.9. The third-order valence-corrected chi connectivity index (χ3v) is 3.18. The summed E-state index contributed by atoms with van der Waals surface area (Å²) < 4.78 is 5.15. The SMILES string of the molecule is CC(C)(C)OC(=O)NN(C(=O)c1cccc(Cl)c1[N+](=O)[O-])C(C)(C)C. The van der Waals surface area contributed by atoms with Crippen LogP contribution < -0.4 is 5.43 Å². The lowest BCUT2D eigenvalue weighted by atomic mass is 10.1. The molecule has 0 bridgehead atoms. The fourth-order valence-corrected chi connectivity index (χ4v) is 2.15. The number of carbonyl (C=O) groups excluding carboxylic acids is 2. The minimum atomic E-state index is -0.871. The van der Waals surface area contributed by atoms with E-state index < -0.39 is 33.8 Å². The molecule has 0 spiro atoms. The van der Waals surface area contributed by atoms with Crippen LogP contribution >= 0.6 is 11.6 Å².